The molecule has 1 rings (SSSR count). The molecule has 0 radical (unpaired) electrons. The van der Waals surface area contributed by atoms with Crippen molar-refractivity contribution in [2.45, 2.75) is 0 Å². The summed E-state index contributed by atoms with van der Waals surface area (Å²) in [6, 6.07) is 0.815. The van der Waals surface area contributed by atoms with Gasteiger partial charge in [0, 0.05) is 4.88 Å². The third kappa shape index (κ3) is 2.11. The van der Waals surface area contributed by atoms with Gasteiger partial charge >= 0.3 is 6.03 Å². The fraction of sp³-hybridized carbons (Fsp3) is 0. The van der Waals surface area contributed by atoms with Crippen molar-refractivity contribution in [1.82, 2.24) is 0 Å². The van der Waals surface area contributed by atoms with Crippen LogP contribution in [0.4, 0.5) is 9.80 Å². The zero-order valence-corrected chi connectivity index (χ0v) is 8.06. The molecule has 1 aromatic rings. The monoisotopic (exact) mass is 211 g/mol. The molecular weight excluding hydrogens is 202 g/mol. The van der Waals surface area contributed by atoms with Crippen molar-refractivity contribution >= 4 is 34.4 Å². The van der Waals surface area contributed by atoms with E-state index in [9.17, 15) is 9.59 Å². The number of primary amides is 2. The van der Waals surface area contributed by atoms with Gasteiger partial charge in [0.25, 0.3) is 5.91 Å². The Morgan fingerprint density at radius 3 is 2.57 bits per heavy atom. The molecular formula is C8H9N3O2S. The van der Waals surface area contributed by atoms with E-state index < -0.39 is 11.9 Å². The van der Waals surface area contributed by atoms with Crippen molar-refractivity contribution in [3.63, 3.8) is 0 Å². The number of amides is 3. The molecule has 0 unspecified atom stereocenters. The number of nitrogens with two attached hydrogens (primary N) is 2. The Morgan fingerprint density at radius 2 is 2.14 bits per heavy atom. The molecule has 5 N–H and O–H groups in total. The van der Waals surface area contributed by atoms with Gasteiger partial charge in [-0.3, -0.25) is 10.1 Å². The van der Waals surface area contributed by atoms with Gasteiger partial charge in [-0.1, -0.05) is 12.7 Å². The summed E-state index contributed by atoms with van der Waals surface area (Å²) in [4.78, 5) is 22.3. The first-order valence-electron chi connectivity index (χ1n) is 3.67. The summed E-state index contributed by atoms with van der Waals surface area (Å²) < 4.78 is 0. The minimum absolute atomic E-state index is 0.240. The molecule has 0 aliphatic heterocycles. The van der Waals surface area contributed by atoms with E-state index >= 15 is 0 Å². The van der Waals surface area contributed by atoms with E-state index in [1.54, 1.807) is 12.1 Å². The highest BCUT2D eigenvalue weighted by atomic mass is 32.1. The van der Waals surface area contributed by atoms with Crippen LogP contribution < -0.4 is 16.8 Å². The molecule has 3 amide bonds. The Balaban J connectivity index is 3.11. The maximum absolute atomic E-state index is 10.9. The first-order valence-corrected chi connectivity index (χ1v) is 4.48. The molecule has 0 aliphatic rings. The number of carbonyl (C=O) groups excluding carboxylic acids is 2. The topological polar surface area (TPSA) is 98.2 Å². The quantitative estimate of drug-likeness (QED) is 0.694. The molecule has 0 bridgehead atoms. The van der Waals surface area contributed by atoms with Gasteiger partial charge in [0.2, 0.25) is 0 Å². The number of carbonyl (C=O) groups is 2. The van der Waals surface area contributed by atoms with Gasteiger partial charge in [0.05, 0.1) is 5.56 Å². The molecule has 0 saturated heterocycles. The lowest BCUT2D eigenvalue weighted by Gasteiger charge is -1.98. The molecule has 5 nitrogen and oxygen atoms in total. The number of hydrogen-bond acceptors (Lipinski definition) is 3. The molecule has 14 heavy (non-hydrogen) atoms. The molecule has 0 aromatic carbocycles. The fourth-order valence-electron chi connectivity index (χ4n) is 0.898. The molecule has 1 heterocycles. The van der Waals surface area contributed by atoms with Gasteiger partial charge in [-0.25, -0.2) is 4.79 Å². The Bertz CT molecular complexity index is 397. The summed E-state index contributed by atoms with van der Waals surface area (Å²) in [7, 11) is 0. The fourth-order valence-corrected chi connectivity index (χ4v) is 1.82. The lowest BCUT2D eigenvalue weighted by molar-refractivity contribution is 0.100. The second kappa shape index (κ2) is 3.93. The summed E-state index contributed by atoms with van der Waals surface area (Å²) in [5, 5.41) is 2.67. The second-order valence-corrected chi connectivity index (χ2v) is 3.53. The molecule has 0 atom stereocenters. The van der Waals surface area contributed by atoms with Crippen LogP contribution in [0.5, 0.6) is 0 Å². The third-order valence-electron chi connectivity index (χ3n) is 1.45. The summed E-state index contributed by atoms with van der Waals surface area (Å²) in [5.74, 6) is -0.613. The van der Waals surface area contributed by atoms with Crippen LogP contribution in [0.3, 0.4) is 0 Å². The maximum Gasteiger partial charge on any atom is 0.317 e. The SMILES string of the molecule is C=Cc1cc(C(N)=O)c(NC(N)=O)s1. The van der Waals surface area contributed by atoms with Crippen molar-refractivity contribution < 1.29 is 9.59 Å². The molecule has 0 spiro atoms. The smallest absolute Gasteiger partial charge is 0.317 e. The van der Waals surface area contributed by atoms with E-state index in [0.29, 0.717) is 5.00 Å². The summed E-state index contributed by atoms with van der Waals surface area (Å²) in [6.45, 7) is 3.54. The van der Waals surface area contributed by atoms with Gasteiger partial charge in [-0.05, 0) is 6.07 Å². The Kier molecular flexibility index (Phi) is 2.88. The molecule has 6 heteroatoms. The Morgan fingerprint density at radius 1 is 1.50 bits per heavy atom. The number of hydrogen-bond donors (Lipinski definition) is 3. The number of thiophene rings is 1. The number of nitrogens with one attached hydrogen (secondary N) is 1. The Labute approximate surface area is 84.4 Å². The predicted molar refractivity (Wildman–Crippen MR) is 56.1 cm³/mol. The van der Waals surface area contributed by atoms with Crippen LogP contribution in [0.25, 0.3) is 6.08 Å². The normalized spacial score (nSPS) is 9.43. The van der Waals surface area contributed by atoms with Gasteiger partial charge in [0.1, 0.15) is 5.00 Å². The van der Waals surface area contributed by atoms with E-state index in [0.717, 1.165) is 4.88 Å². The van der Waals surface area contributed by atoms with Crippen molar-refractivity contribution in [2.24, 2.45) is 11.5 Å². The van der Waals surface area contributed by atoms with E-state index in [-0.39, 0.29) is 5.56 Å². The first kappa shape index (κ1) is 10.3. The third-order valence-corrected chi connectivity index (χ3v) is 2.50. The average molecular weight is 211 g/mol. The van der Waals surface area contributed by atoms with Gasteiger partial charge < -0.3 is 11.5 Å². The van der Waals surface area contributed by atoms with E-state index in [1.807, 2.05) is 0 Å². The molecule has 0 saturated carbocycles. The summed E-state index contributed by atoms with van der Waals surface area (Å²) in [6.07, 6.45) is 1.56. The largest absolute Gasteiger partial charge is 0.366 e. The van der Waals surface area contributed by atoms with Crippen LogP contribution in [0, 0.1) is 0 Å². The minimum atomic E-state index is -0.732. The maximum atomic E-state index is 10.9. The number of anilines is 1. The molecule has 0 fully saturated rings. The number of rotatable bonds is 3. The second-order valence-electron chi connectivity index (χ2n) is 2.45. The summed E-state index contributed by atoms with van der Waals surface area (Å²) >= 11 is 1.19. The van der Waals surface area contributed by atoms with Crippen molar-refractivity contribution in [1.29, 1.82) is 0 Å². The zero-order chi connectivity index (χ0) is 10.7. The van der Waals surface area contributed by atoms with Crippen molar-refractivity contribution in [2.75, 3.05) is 5.32 Å². The van der Waals surface area contributed by atoms with Crippen LogP contribution in [0.1, 0.15) is 15.2 Å². The standard InChI is InChI=1S/C8H9N3O2S/c1-2-4-3-5(6(9)12)7(14-4)11-8(10)13/h2-3H,1H2,(H2,9,12)(H3,10,11,13). The van der Waals surface area contributed by atoms with Crippen molar-refractivity contribution in [3.8, 4) is 0 Å². The Hall–Kier alpha value is -1.82. The molecule has 1 aromatic heterocycles. The highest BCUT2D eigenvalue weighted by Gasteiger charge is 2.13. The van der Waals surface area contributed by atoms with E-state index in [4.69, 9.17) is 11.5 Å². The van der Waals surface area contributed by atoms with Gasteiger partial charge in [-0.2, -0.15) is 0 Å². The first-order chi connectivity index (χ1) is 6.54. The van der Waals surface area contributed by atoms with Crippen LogP contribution in [0.15, 0.2) is 12.6 Å². The average Bonchev–Trinajstić information content (AvgIpc) is 2.46. The number of urea groups is 1. The van der Waals surface area contributed by atoms with Gasteiger partial charge in [-0.15, -0.1) is 11.3 Å². The highest BCUT2D eigenvalue weighted by molar-refractivity contribution is 7.17. The van der Waals surface area contributed by atoms with E-state index in [2.05, 4.69) is 11.9 Å². The van der Waals surface area contributed by atoms with E-state index in [1.165, 1.54) is 11.3 Å². The van der Waals surface area contributed by atoms with Crippen LogP contribution in [-0.4, -0.2) is 11.9 Å². The summed E-state index contributed by atoms with van der Waals surface area (Å²) in [5.41, 5.74) is 10.3. The lowest BCUT2D eigenvalue weighted by atomic mass is 10.3. The molecule has 0 aliphatic carbocycles. The lowest BCUT2D eigenvalue weighted by Crippen LogP contribution is -2.21. The van der Waals surface area contributed by atoms with Gasteiger partial charge in [0.15, 0.2) is 0 Å². The molecule has 74 valence electrons. The highest BCUT2D eigenvalue weighted by Crippen LogP contribution is 2.28. The zero-order valence-electron chi connectivity index (χ0n) is 7.24. The van der Waals surface area contributed by atoms with Crippen molar-refractivity contribution in [3.05, 3.63) is 23.1 Å². The van der Waals surface area contributed by atoms with Crippen LogP contribution >= 0.6 is 11.3 Å². The van der Waals surface area contributed by atoms with Crippen LogP contribution in [0.2, 0.25) is 0 Å². The minimum Gasteiger partial charge on any atom is -0.366 e. The van der Waals surface area contributed by atoms with Crippen LogP contribution in [-0.2, 0) is 0 Å². The predicted octanol–water partition coefficient (Wildman–Crippen LogP) is 0.981.